The second-order valence-electron chi connectivity index (χ2n) is 6.01. The van der Waals surface area contributed by atoms with Gasteiger partial charge in [-0.2, -0.15) is 0 Å². The minimum atomic E-state index is -0.119. The molecule has 1 aromatic heterocycles. The molecule has 3 aromatic rings. The molecule has 0 bridgehead atoms. The van der Waals surface area contributed by atoms with Crippen LogP contribution in [0, 0.1) is 6.92 Å². The fourth-order valence-corrected chi connectivity index (χ4v) is 2.60. The fraction of sp³-hybridized carbons (Fsp3) is 0.200. The third-order valence-corrected chi connectivity index (χ3v) is 3.87. The Balaban J connectivity index is 1.55. The summed E-state index contributed by atoms with van der Waals surface area (Å²) in [7, 11) is 0. The summed E-state index contributed by atoms with van der Waals surface area (Å²) in [6.07, 6.45) is 0.197. The van der Waals surface area contributed by atoms with Crippen molar-refractivity contribution in [3.05, 3.63) is 77.7 Å². The van der Waals surface area contributed by atoms with Crippen LogP contribution in [0.15, 0.2) is 65.2 Å². The molecule has 0 aliphatic rings. The number of amides is 1. The lowest BCUT2D eigenvalue weighted by atomic mass is 10.1. The average molecular weight is 335 g/mol. The molecule has 128 valence electrons. The van der Waals surface area contributed by atoms with Gasteiger partial charge < -0.3 is 15.2 Å². The highest BCUT2D eigenvalue weighted by Crippen LogP contribution is 2.20. The van der Waals surface area contributed by atoms with Gasteiger partial charge in [0.25, 0.3) is 0 Å². The van der Waals surface area contributed by atoms with E-state index >= 15 is 0 Å². The number of nitrogens with one attached hydrogen (secondary N) is 2. The van der Waals surface area contributed by atoms with Crippen LogP contribution in [0.3, 0.4) is 0 Å². The van der Waals surface area contributed by atoms with Crippen molar-refractivity contribution in [3.63, 3.8) is 0 Å². The molecule has 1 amide bonds. The summed E-state index contributed by atoms with van der Waals surface area (Å²) in [4.78, 5) is 12.0. The highest BCUT2D eigenvalue weighted by atomic mass is 16.5. The molecule has 2 N–H and O–H groups in total. The van der Waals surface area contributed by atoms with Crippen molar-refractivity contribution < 1.29 is 9.32 Å². The van der Waals surface area contributed by atoms with Gasteiger partial charge in [0.15, 0.2) is 0 Å². The number of carbonyl (C=O) groups excluding carboxylic acids is 1. The Morgan fingerprint density at radius 2 is 1.76 bits per heavy atom. The van der Waals surface area contributed by atoms with E-state index in [0.717, 1.165) is 11.4 Å². The molecule has 5 heteroatoms. The monoisotopic (exact) mass is 335 g/mol. The van der Waals surface area contributed by atoms with Gasteiger partial charge >= 0.3 is 0 Å². The third-order valence-electron chi connectivity index (χ3n) is 3.87. The molecular formula is C20H21N3O2. The maximum Gasteiger partial charge on any atom is 0.230 e. The van der Waals surface area contributed by atoms with Gasteiger partial charge in [-0.25, -0.2) is 0 Å². The average Bonchev–Trinajstić information content (AvgIpc) is 3.02. The minimum Gasteiger partial charge on any atom is -0.379 e. The summed E-state index contributed by atoms with van der Waals surface area (Å²) in [6, 6.07) is 19.9. The second-order valence-corrected chi connectivity index (χ2v) is 6.01. The van der Waals surface area contributed by atoms with Crippen LogP contribution in [-0.2, 0) is 11.2 Å². The Morgan fingerprint density at radius 3 is 2.40 bits per heavy atom. The molecular weight excluding hydrogens is 314 g/mol. The van der Waals surface area contributed by atoms with E-state index < -0.39 is 0 Å². The van der Waals surface area contributed by atoms with Crippen LogP contribution in [-0.4, -0.2) is 11.1 Å². The van der Waals surface area contributed by atoms with E-state index in [1.54, 1.807) is 13.0 Å². The standard InChI is InChI=1S/C20H21N3O2/c1-14-12-19(23-25-14)13-20(24)22-18-10-8-17(9-11-18)21-15(2)16-6-4-3-5-7-16/h3-12,15,21H,13H2,1-2H3,(H,22,24)/t15-/m1/s1. The van der Waals surface area contributed by atoms with Gasteiger partial charge in [0, 0.05) is 23.5 Å². The maximum absolute atomic E-state index is 12.0. The van der Waals surface area contributed by atoms with E-state index in [4.69, 9.17) is 4.52 Å². The van der Waals surface area contributed by atoms with Crippen molar-refractivity contribution in [2.45, 2.75) is 26.3 Å². The van der Waals surface area contributed by atoms with Gasteiger partial charge in [-0.3, -0.25) is 4.79 Å². The Kier molecular flexibility index (Phi) is 5.14. The largest absolute Gasteiger partial charge is 0.379 e. The molecule has 5 nitrogen and oxygen atoms in total. The van der Waals surface area contributed by atoms with E-state index in [1.807, 2.05) is 42.5 Å². The first kappa shape index (κ1) is 16.8. The normalized spacial score (nSPS) is 11.8. The van der Waals surface area contributed by atoms with Crippen molar-refractivity contribution in [2.75, 3.05) is 10.6 Å². The van der Waals surface area contributed by atoms with Gasteiger partial charge in [-0.1, -0.05) is 35.5 Å². The zero-order chi connectivity index (χ0) is 17.6. The first-order valence-electron chi connectivity index (χ1n) is 8.24. The van der Waals surface area contributed by atoms with E-state index in [2.05, 4.69) is 34.8 Å². The number of aromatic nitrogens is 1. The van der Waals surface area contributed by atoms with Crippen molar-refractivity contribution in [3.8, 4) is 0 Å². The highest BCUT2D eigenvalue weighted by molar-refractivity contribution is 5.92. The lowest BCUT2D eigenvalue weighted by Gasteiger charge is -2.16. The molecule has 1 atom stereocenters. The molecule has 1 heterocycles. The first-order valence-corrected chi connectivity index (χ1v) is 8.24. The summed E-state index contributed by atoms with van der Waals surface area (Å²) < 4.78 is 4.97. The Bertz CT molecular complexity index is 826. The van der Waals surface area contributed by atoms with E-state index in [9.17, 15) is 4.79 Å². The molecule has 0 aliphatic heterocycles. The topological polar surface area (TPSA) is 67.2 Å². The molecule has 0 saturated heterocycles. The predicted molar refractivity (Wildman–Crippen MR) is 98.5 cm³/mol. The summed E-state index contributed by atoms with van der Waals surface area (Å²) in [5, 5.41) is 10.1. The SMILES string of the molecule is Cc1cc(CC(=O)Nc2ccc(N[C@H](C)c3ccccc3)cc2)no1. The van der Waals surface area contributed by atoms with Crippen LogP contribution in [0.2, 0.25) is 0 Å². The van der Waals surface area contributed by atoms with Gasteiger partial charge in [0.2, 0.25) is 5.91 Å². The number of carbonyl (C=O) groups is 1. The Hall–Kier alpha value is -3.08. The van der Waals surface area contributed by atoms with Gasteiger partial charge in [-0.15, -0.1) is 0 Å². The zero-order valence-electron chi connectivity index (χ0n) is 14.3. The smallest absolute Gasteiger partial charge is 0.230 e. The first-order chi connectivity index (χ1) is 12.1. The van der Waals surface area contributed by atoms with Gasteiger partial charge in [-0.05, 0) is 43.7 Å². The molecule has 0 radical (unpaired) electrons. The Morgan fingerprint density at radius 1 is 1.08 bits per heavy atom. The number of rotatable bonds is 6. The number of hydrogen-bond acceptors (Lipinski definition) is 4. The van der Waals surface area contributed by atoms with Crippen molar-refractivity contribution >= 4 is 17.3 Å². The third kappa shape index (κ3) is 4.70. The minimum absolute atomic E-state index is 0.119. The lowest BCUT2D eigenvalue weighted by molar-refractivity contribution is -0.115. The summed E-state index contributed by atoms with van der Waals surface area (Å²) >= 11 is 0. The predicted octanol–water partition coefficient (Wildman–Crippen LogP) is 4.34. The number of aryl methyl sites for hydroxylation is 1. The number of nitrogens with zero attached hydrogens (tertiary/aromatic N) is 1. The van der Waals surface area contributed by atoms with E-state index in [0.29, 0.717) is 11.5 Å². The number of hydrogen-bond donors (Lipinski definition) is 2. The van der Waals surface area contributed by atoms with Crippen molar-refractivity contribution in [1.82, 2.24) is 5.16 Å². The molecule has 0 saturated carbocycles. The molecule has 0 fully saturated rings. The van der Waals surface area contributed by atoms with Crippen LogP contribution in [0.25, 0.3) is 0 Å². The maximum atomic E-state index is 12.0. The summed E-state index contributed by atoms with van der Waals surface area (Å²) in [5.41, 5.74) is 3.61. The van der Waals surface area contributed by atoms with Crippen LogP contribution < -0.4 is 10.6 Å². The van der Waals surface area contributed by atoms with Crippen LogP contribution in [0.5, 0.6) is 0 Å². The fourth-order valence-electron chi connectivity index (χ4n) is 2.60. The molecule has 2 aromatic carbocycles. The lowest BCUT2D eigenvalue weighted by Crippen LogP contribution is -2.14. The zero-order valence-corrected chi connectivity index (χ0v) is 14.3. The number of anilines is 2. The van der Waals surface area contributed by atoms with E-state index in [-0.39, 0.29) is 18.4 Å². The van der Waals surface area contributed by atoms with E-state index in [1.165, 1.54) is 5.56 Å². The van der Waals surface area contributed by atoms with Gasteiger partial charge in [0.1, 0.15) is 5.76 Å². The molecule has 0 unspecified atom stereocenters. The van der Waals surface area contributed by atoms with Crippen LogP contribution in [0.4, 0.5) is 11.4 Å². The number of benzene rings is 2. The van der Waals surface area contributed by atoms with Crippen LogP contribution >= 0.6 is 0 Å². The highest BCUT2D eigenvalue weighted by Gasteiger charge is 2.09. The summed E-state index contributed by atoms with van der Waals surface area (Å²) in [6.45, 7) is 3.92. The molecule has 0 spiro atoms. The van der Waals surface area contributed by atoms with Crippen LogP contribution in [0.1, 0.15) is 30.0 Å². The van der Waals surface area contributed by atoms with Crippen molar-refractivity contribution in [2.24, 2.45) is 0 Å². The quantitative estimate of drug-likeness (QED) is 0.703. The van der Waals surface area contributed by atoms with Crippen molar-refractivity contribution in [1.29, 1.82) is 0 Å². The summed E-state index contributed by atoms with van der Waals surface area (Å²) in [5.74, 6) is 0.581. The molecule has 0 aliphatic carbocycles. The van der Waals surface area contributed by atoms with Gasteiger partial charge in [0.05, 0.1) is 12.1 Å². The Labute approximate surface area is 147 Å². The second kappa shape index (κ2) is 7.66. The molecule has 25 heavy (non-hydrogen) atoms. The molecule has 3 rings (SSSR count).